The van der Waals surface area contributed by atoms with Gasteiger partial charge in [-0.25, -0.2) is 28.7 Å². The number of fused-ring (bicyclic) bond motifs is 1. The number of nitrogens with zero attached hydrogens (tertiary/aromatic N) is 5. The van der Waals surface area contributed by atoms with Crippen LogP contribution in [0, 0.1) is 0 Å². The molecule has 0 saturated carbocycles. The summed E-state index contributed by atoms with van der Waals surface area (Å²) in [6, 6.07) is 18.8. The SMILES string of the molecule is COC(=O)c1ccc2c(C(=Nc3ccc(N(C)C(=O)CN4CCN(C)CC4)cc3)c3ccccc3)c(O)n(C(=O)N[C@@H](CCCCNC(=O)OC(C)(C)C)C(=O)OC)c2c1. The molecule has 1 aliphatic heterocycles. The lowest BCUT2D eigenvalue weighted by Crippen LogP contribution is -2.48. The third-order valence-corrected chi connectivity index (χ3v) is 10.0. The van der Waals surface area contributed by atoms with Gasteiger partial charge in [-0.2, -0.15) is 0 Å². The lowest BCUT2D eigenvalue weighted by molar-refractivity contribution is -0.143. The zero-order chi connectivity index (χ0) is 43.6. The number of carbonyl (C=O) groups is 5. The Hall–Kier alpha value is -6.26. The number of aromatic nitrogens is 1. The third-order valence-electron chi connectivity index (χ3n) is 10.0. The summed E-state index contributed by atoms with van der Waals surface area (Å²) in [5.41, 5.74) is 1.90. The van der Waals surface area contributed by atoms with Gasteiger partial charge in [-0.1, -0.05) is 36.4 Å². The Morgan fingerprint density at radius 1 is 0.883 bits per heavy atom. The molecule has 1 fully saturated rings. The van der Waals surface area contributed by atoms with Crippen LogP contribution in [0.15, 0.2) is 77.8 Å². The molecule has 4 aromatic rings. The smallest absolute Gasteiger partial charge is 0.407 e. The molecule has 0 bridgehead atoms. The van der Waals surface area contributed by atoms with Crippen LogP contribution >= 0.6 is 0 Å². The minimum Gasteiger partial charge on any atom is -0.494 e. The molecule has 16 nitrogen and oxygen atoms in total. The molecular weight excluding hydrogens is 771 g/mol. The minimum absolute atomic E-state index is 0.0345. The van der Waals surface area contributed by atoms with E-state index >= 15 is 0 Å². The number of nitrogens with one attached hydrogen (secondary N) is 2. The Kier molecular flexibility index (Phi) is 15.0. The Bertz CT molecular complexity index is 2190. The molecule has 0 unspecified atom stereocenters. The van der Waals surface area contributed by atoms with E-state index in [0.29, 0.717) is 47.4 Å². The summed E-state index contributed by atoms with van der Waals surface area (Å²) in [7, 11) is 6.24. The van der Waals surface area contributed by atoms with E-state index in [-0.39, 0.29) is 35.5 Å². The van der Waals surface area contributed by atoms with Gasteiger partial charge in [0.1, 0.15) is 11.6 Å². The highest BCUT2D eigenvalue weighted by atomic mass is 16.6. The second-order valence-corrected chi connectivity index (χ2v) is 15.6. The molecule has 60 heavy (non-hydrogen) atoms. The highest BCUT2D eigenvalue weighted by Gasteiger charge is 2.30. The monoisotopic (exact) mass is 825 g/mol. The van der Waals surface area contributed by atoms with Crippen LogP contribution in [0.1, 0.15) is 61.5 Å². The van der Waals surface area contributed by atoms with Crippen LogP contribution in [-0.2, 0) is 23.8 Å². The molecule has 1 saturated heterocycles. The zero-order valence-corrected chi connectivity index (χ0v) is 35.3. The van der Waals surface area contributed by atoms with Gasteiger partial charge in [0.2, 0.25) is 11.8 Å². The van der Waals surface area contributed by atoms with Crippen molar-refractivity contribution in [1.82, 2.24) is 25.0 Å². The van der Waals surface area contributed by atoms with E-state index in [1.54, 1.807) is 63.1 Å². The van der Waals surface area contributed by atoms with E-state index in [2.05, 4.69) is 27.5 Å². The number of amides is 3. The maximum absolute atomic E-state index is 14.2. The molecule has 1 atom stereocenters. The Morgan fingerprint density at radius 3 is 2.20 bits per heavy atom. The lowest BCUT2D eigenvalue weighted by Gasteiger charge is -2.32. The number of ether oxygens (including phenoxy) is 3. The van der Waals surface area contributed by atoms with E-state index in [4.69, 9.17) is 19.2 Å². The number of hydrogen-bond acceptors (Lipinski definition) is 12. The fraction of sp³-hybridized carbons (Fsp3) is 0.409. The summed E-state index contributed by atoms with van der Waals surface area (Å²) in [5, 5.41) is 17.8. The summed E-state index contributed by atoms with van der Waals surface area (Å²) in [6.45, 7) is 9.32. The van der Waals surface area contributed by atoms with E-state index in [0.717, 1.165) is 30.7 Å². The van der Waals surface area contributed by atoms with Gasteiger partial charge in [-0.3, -0.25) is 9.69 Å². The van der Waals surface area contributed by atoms with Gasteiger partial charge in [0, 0.05) is 56.4 Å². The average Bonchev–Trinajstić information content (AvgIpc) is 3.52. The fourth-order valence-electron chi connectivity index (χ4n) is 6.73. The van der Waals surface area contributed by atoms with Crippen molar-refractivity contribution < 1.29 is 43.3 Å². The molecular formula is C44H55N7O9. The first-order chi connectivity index (χ1) is 28.6. The van der Waals surface area contributed by atoms with Crippen molar-refractivity contribution in [2.75, 3.05) is 72.5 Å². The van der Waals surface area contributed by atoms with Crippen LogP contribution in [-0.4, -0.2) is 134 Å². The van der Waals surface area contributed by atoms with Crippen molar-refractivity contribution in [2.24, 2.45) is 4.99 Å². The lowest BCUT2D eigenvalue weighted by atomic mass is 10.00. The van der Waals surface area contributed by atoms with E-state index < -0.39 is 41.6 Å². The van der Waals surface area contributed by atoms with Crippen molar-refractivity contribution in [3.05, 3.63) is 89.5 Å². The van der Waals surface area contributed by atoms with Gasteiger partial charge in [0.05, 0.1) is 48.8 Å². The Balaban J connectivity index is 1.47. The largest absolute Gasteiger partial charge is 0.494 e. The number of aromatic hydroxyl groups is 1. The van der Waals surface area contributed by atoms with E-state index in [1.165, 1.54) is 26.4 Å². The highest BCUT2D eigenvalue weighted by Crippen LogP contribution is 2.36. The number of benzene rings is 3. The minimum atomic E-state index is -1.12. The number of hydrogen-bond donors (Lipinski definition) is 3. The van der Waals surface area contributed by atoms with Crippen molar-refractivity contribution in [1.29, 1.82) is 0 Å². The van der Waals surface area contributed by atoms with Crippen LogP contribution in [0.3, 0.4) is 0 Å². The summed E-state index contributed by atoms with van der Waals surface area (Å²) in [5.74, 6) is -1.91. The van der Waals surface area contributed by atoms with Crippen molar-refractivity contribution in [3.8, 4) is 5.88 Å². The number of alkyl carbamates (subject to hydrolysis) is 1. The van der Waals surface area contributed by atoms with Crippen molar-refractivity contribution in [3.63, 3.8) is 0 Å². The molecule has 0 radical (unpaired) electrons. The molecule has 2 heterocycles. The van der Waals surface area contributed by atoms with Crippen LogP contribution in [0.2, 0.25) is 0 Å². The van der Waals surface area contributed by atoms with Crippen LogP contribution in [0.4, 0.5) is 21.0 Å². The topological polar surface area (TPSA) is 184 Å². The summed E-state index contributed by atoms with van der Waals surface area (Å²) in [6.07, 6.45) is 0.464. The number of carbonyl (C=O) groups excluding carboxylic acids is 5. The predicted molar refractivity (Wildman–Crippen MR) is 228 cm³/mol. The summed E-state index contributed by atoms with van der Waals surface area (Å²) in [4.78, 5) is 76.1. The molecule has 1 aliphatic rings. The van der Waals surface area contributed by atoms with E-state index in [9.17, 15) is 29.1 Å². The van der Waals surface area contributed by atoms with Gasteiger partial charge in [0.15, 0.2) is 0 Å². The maximum atomic E-state index is 14.2. The number of aliphatic imine (C=N–C) groups is 1. The molecule has 0 aliphatic carbocycles. The third kappa shape index (κ3) is 11.5. The Labute approximate surface area is 350 Å². The molecule has 3 aromatic carbocycles. The molecule has 0 spiro atoms. The van der Waals surface area contributed by atoms with Crippen LogP contribution in [0.5, 0.6) is 5.88 Å². The van der Waals surface area contributed by atoms with E-state index in [1.807, 2.05) is 30.3 Å². The zero-order valence-electron chi connectivity index (χ0n) is 35.3. The Morgan fingerprint density at radius 2 is 1.57 bits per heavy atom. The number of unbranched alkanes of at least 4 members (excludes halogenated alkanes) is 1. The quantitative estimate of drug-likeness (QED) is 0.0649. The fourth-order valence-corrected chi connectivity index (χ4v) is 6.73. The first kappa shape index (κ1) is 44.8. The maximum Gasteiger partial charge on any atom is 0.407 e. The summed E-state index contributed by atoms with van der Waals surface area (Å²) >= 11 is 0. The molecule has 5 rings (SSSR count). The second kappa shape index (κ2) is 20.1. The van der Waals surface area contributed by atoms with Crippen molar-refractivity contribution in [2.45, 2.75) is 51.7 Å². The second-order valence-electron chi connectivity index (χ2n) is 15.6. The molecule has 1 aromatic heterocycles. The molecule has 3 N–H and O–H groups in total. The number of likely N-dealkylation sites (N-methyl/N-ethyl adjacent to an activating group) is 2. The number of piperazine rings is 1. The van der Waals surface area contributed by atoms with Gasteiger partial charge in [-0.15, -0.1) is 0 Å². The first-order valence-corrected chi connectivity index (χ1v) is 19.8. The first-order valence-electron chi connectivity index (χ1n) is 19.8. The van der Waals surface area contributed by atoms with Gasteiger partial charge >= 0.3 is 24.1 Å². The number of methoxy groups -OCH3 is 2. The molecule has 320 valence electrons. The van der Waals surface area contributed by atoms with Crippen LogP contribution < -0.4 is 15.5 Å². The predicted octanol–water partition coefficient (Wildman–Crippen LogP) is 5.31. The average molecular weight is 826 g/mol. The number of anilines is 1. The number of rotatable bonds is 14. The molecule has 16 heteroatoms. The highest BCUT2D eigenvalue weighted by molar-refractivity contribution is 6.23. The number of esters is 2. The van der Waals surface area contributed by atoms with Crippen LogP contribution in [0.25, 0.3) is 10.9 Å². The van der Waals surface area contributed by atoms with Crippen molar-refractivity contribution >= 4 is 58.0 Å². The summed E-state index contributed by atoms with van der Waals surface area (Å²) < 4.78 is 16.2. The standard InChI is InChI=1S/C44H55N7O9/c1-44(2,3)60-43(57)45-22-12-11-15-34(41(55)59-7)47-42(56)51-35-27-30(40(54)58-6)16-21-33(35)37(39(51)53)38(29-13-9-8-10-14-29)46-31-17-19-32(20-18-31)49(5)36(52)28-50-25-23-48(4)24-26-50/h8-10,13-14,16-21,27,34,53H,11-12,15,22-26,28H2,1-7H3,(H,45,57)(H,47,56)/t34-/m0/s1. The normalized spacial score (nSPS) is 14.3. The van der Waals surface area contributed by atoms with Gasteiger partial charge in [-0.05, 0) is 83.5 Å². The molecule has 3 amide bonds. The van der Waals surface area contributed by atoms with Gasteiger partial charge in [0.25, 0.3) is 0 Å². The van der Waals surface area contributed by atoms with Gasteiger partial charge < -0.3 is 39.8 Å².